The van der Waals surface area contributed by atoms with Crippen LogP contribution in [-0.4, -0.2) is 29.3 Å². The van der Waals surface area contributed by atoms with Crippen LogP contribution < -0.4 is 0 Å². The molecule has 0 rings (SSSR count). The molecular formula is C5H4Cl3F3O3. The predicted molar refractivity (Wildman–Crippen MR) is 43.6 cm³/mol. The van der Waals surface area contributed by atoms with E-state index in [-0.39, 0.29) is 0 Å². The highest BCUT2D eigenvalue weighted by atomic mass is 35.6. The second kappa shape index (κ2) is 5.14. The summed E-state index contributed by atoms with van der Waals surface area (Å²) in [5, 5.41) is 0. The van der Waals surface area contributed by atoms with Gasteiger partial charge in [-0.05, 0) is 0 Å². The molecule has 0 heterocycles. The van der Waals surface area contributed by atoms with Crippen molar-refractivity contribution in [2.75, 3.05) is 13.2 Å². The van der Waals surface area contributed by atoms with Crippen LogP contribution in [0, 0.1) is 0 Å². The number of ether oxygens (including phenoxy) is 2. The molecule has 84 valence electrons. The van der Waals surface area contributed by atoms with Gasteiger partial charge in [-0.1, -0.05) is 34.8 Å². The Morgan fingerprint density at radius 2 is 1.50 bits per heavy atom. The van der Waals surface area contributed by atoms with Gasteiger partial charge in [0.25, 0.3) is 0 Å². The molecule has 9 heteroatoms. The van der Waals surface area contributed by atoms with Gasteiger partial charge in [0.05, 0.1) is 0 Å². The first-order chi connectivity index (χ1) is 6.10. The van der Waals surface area contributed by atoms with E-state index in [1.165, 1.54) is 0 Å². The Balaban J connectivity index is 3.68. The maximum atomic E-state index is 11.5. The average Bonchev–Trinajstić information content (AvgIpc) is 1.94. The van der Waals surface area contributed by atoms with E-state index in [9.17, 15) is 18.0 Å². The molecule has 0 aliphatic heterocycles. The van der Waals surface area contributed by atoms with Gasteiger partial charge in [0, 0.05) is 0 Å². The third kappa shape index (κ3) is 10.0. The lowest BCUT2D eigenvalue weighted by Crippen LogP contribution is -2.23. The molecule has 0 aromatic rings. The summed E-state index contributed by atoms with van der Waals surface area (Å²) in [6.07, 6.45) is -6.16. The van der Waals surface area contributed by atoms with Crippen LogP contribution in [0.3, 0.4) is 0 Å². The van der Waals surface area contributed by atoms with E-state index in [1.807, 2.05) is 0 Å². The lowest BCUT2D eigenvalue weighted by molar-refractivity contribution is -0.165. The first-order valence-corrected chi connectivity index (χ1v) is 4.16. The zero-order valence-corrected chi connectivity index (χ0v) is 8.67. The fraction of sp³-hybridized carbons (Fsp3) is 0.800. The first kappa shape index (κ1) is 13.9. The van der Waals surface area contributed by atoms with Crippen LogP contribution in [0.15, 0.2) is 0 Å². The van der Waals surface area contributed by atoms with Gasteiger partial charge in [0.15, 0.2) is 6.61 Å². The molecule has 0 spiro atoms. The number of hydrogen-bond acceptors (Lipinski definition) is 3. The fourth-order valence-electron chi connectivity index (χ4n) is 0.323. The summed E-state index contributed by atoms with van der Waals surface area (Å²) in [7, 11) is 0. The minimum atomic E-state index is -4.61. The van der Waals surface area contributed by atoms with Crippen molar-refractivity contribution in [3.8, 4) is 0 Å². The van der Waals surface area contributed by atoms with Crippen molar-refractivity contribution in [2.45, 2.75) is 9.97 Å². The minimum absolute atomic E-state index is 0.686. The smallest absolute Gasteiger partial charge is 0.430 e. The maximum Gasteiger partial charge on any atom is 0.508 e. The third-order valence-corrected chi connectivity index (χ3v) is 1.03. The van der Waals surface area contributed by atoms with Crippen molar-refractivity contribution < 1.29 is 27.4 Å². The topological polar surface area (TPSA) is 35.5 Å². The molecule has 0 aromatic heterocycles. The van der Waals surface area contributed by atoms with E-state index >= 15 is 0 Å². The van der Waals surface area contributed by atoms with Crippen LogP contribution in [0.25, 0.3) is 0 Å². The predicted octanol–water partition coefficient (Wildman–Crippen LogP) is 3.07. The normalized spacial score (nSPS) is 12.4. The quantitative estimate of drug-likeness (QED) is 0.574. The van der Waals surface area contributed by atoms with Crippen LogP contribution in [-0.2, 0) is 9.47 Å². The molecule has 3 nitrogen and oxygen atoms in total. The molecule has 0 atom stereocenters. The van der Waals surface area contributed by atoms with Crippen molar-refractivity contribution in [3.63, 3.8) is 0 Å². The summed E-state index contributed by atoms with van der Waals surface area (Å²) in [5.41, 5.74) is 0. The fourth-order valence-corrected chi connectivity index (χ4v) is 0.487. The Kier molecular flexibility index (Phi) is 5.11. The van der Waals surface area contributed by atoms with Crippen molar-refractivity contribution in [3.05, 3.63) is 0 Å². The van der Waals surface area contributed by atoms with E-state index in [2.05, 4.69) is 9.47 Å². The molecule has 0 aliphatic carbocycles. The summed E-state index contributed by atoms with van der Waals surface area (Å²) < 4.78 is 40.2. The first-order valence-electron chi connectivity index (χ1n) is 3.03. The molecule has 0 aliphatic rings. The minimum Gasteiger partial charge on any atom is -0.430 e. The van der Waals surface area contributed by atoms with Crippen molar-refractivity contribution in [1.82, 2.24) is 0 Å². The molecular weight excluding hydrogens is 271 g/mol. The van der Waals surface area contributed by atoms with E-state index in [0.29, 0.717) is 0 Å². The number of carbonyl (C=O) groups excluding carboxylic acids is 1. The molecule has 0 fully saturated rings. The van der Waals surface area contributed by atoms with Gasteiger partial charge in [0.2, 0.25) is 3.79 Å². The average molecular weight is 275 g/mol. The number of rotatable bonds is 2. The van der Waals surface area contributed by atoms with Gasteiger partial charge in [0.1, 0.15) is 6.61 Å². The number of alkyl halides is 6. The summed E-state index contributed by atoms with van der Waals surface area (Å²) in [6.45, 7) is -2.43. The van der Waals surface area contributed by atoms with Crippen molar-refractivity contribution in [1.29, 1.82) is 0 Å². The summed E-state index contributed by atoms with van der Waals surface area (Å²) in [4.78, 5) is 10.4. The Labute approximate surface area is 92.0 Å². The Hall–Kier alpha value is -0.0700. The van der Waals surface area contributed by atoms with Crippen LogP contribution in [0.2, 0.25) is 0 Å². The highest BCUT2D eigenvalue weighted by Gasteiger charge is 2.30. The van der Waals surface area contributed by atoms with Gasteiger partial charge in [-0.2, -0.15) is 13.2 Å². The molecule has 0 saturated carbocycles. The van der Waals surface area contributed by atoms with E-state index in [0.717, 1.165) is 0 Å². The van der Waals surface area contributed by atoms with Crippen molar-refractivity contribution in [2.24, 2.45) is 0 Å². The molecule has 0 amide bonds. The number of carbonyl (C=O) groups is 1. The molecule has 0 N–H and O–H groups in total. The van der Waals surface area contributed by atoms with Gasteiger partial charge < -0.3 is 9.47 Å². The summed E-state index contributed by atoms with van der Waals surface area (Å²) in [6, 6.07) is 0. The Morgan fingerprint density at radius 1 is 1.07 bits per heavy atom. The van der Waals surface area contributed by atoms with Gasteiger partial charge >= 0.3 is 12.3 Å². The lowest BCUT2D eigenvalue weighted by Gasteiger charge is -2.11. The van der Waals surface area contributed by atoms with E-state index in [4.69, 9.17) is 34.8 Å². The highest BCUT2D eigenvalue weighted by molar-refractivity contribution is 6.67. The largest absolute Gasteiger partial charge is 0.508 e. The zero-order chi connectivity index (χ0) is 11.4. The number of halogens is 6. The Bertz CT molecular complexity index is 181. The van der Waals surface area contributed by atoms with Crippen molar-refractivity contribution >= 4 is 41.0 Å². The second-order valence-electron chi connectivity index (χ2n) is 2.06. The second-order valence-corrected chi connectivity index (χ2v) is 4.57. The van der Waals surface area contributed by atoms with Crippen LogP contribution >= 0.6 is 34.8 Å². The third-order valence-electron chi connectivity index (χ3n) is 0.707. The van der Waals surface area contributed by atoms with E-state index < -0.39 is 29.3 Å². The van der Waals surface area contributed by atoms with Crippen LogP contribution in [0.5, 0.6) is 0 Å². The standard InChI is InChI=1S/C5H4Cl3F3O3/c6-4(7,8)1-13-3(12)14-2-5(9,10)11/h1-2H2. The lowest BCUT2D eigenvalue weighted by atomic mass is 10.7. The molecule has 0 saturated heterocycles. The van der Waals surface area contributed by atoms with Gasteiger partial charge in [-0.15, -0.1) is 0 Å². The molecule has 14 heavy (non-hydrogen) atoms. The maximum absolute atomic E-state index is 11.5. The Morgan fingerprint density at radius 3 is 1.86 bits per heavy atom. The summed E-state index contributed by atoms with van der Waals surface area (Å²) in [5.74, 6) is 0. The highest BCUT2D eigenvalue weighted by Crippen LogP contribution is 2.26. The zero-order valence-electron chi connectivity index (χ0n) is 6.41. The monoisotopic (exact) mass is 274 g/mol. The van der Waals surface area contributed by atoms with Gasteiger partial charge in [-0.25, -0.2) is 4.79 Å². The van der Waals surface area contributed by atoms with Crippen LogP contribution in [0.1, 0.15) is 0 Å². The molecule has 0 bridgehead atoms. The van der Waals surface area contributed by atoms with Gasteiger partial charge in [-0.3, -0.25) is 0 Å². The molecule has 0 aromatic carbocycles. The SMILES string of the molecule is O=C(OCC(F)(F)F)OCC(Cl)(Cl)Cl. The molecule has 0 radical (unpaired) electrons. The number of hydrogen-bond donors (Lipinski definition) is 0. The summed E-state index contributed by atoms with van der Waals surface area (Å²) >= 11 is 15.4. The van der Waals surface area contributed by atoms with Crippen LogP contribution in [0.4, 0.5) is 18.0 Å². The molecule has 0 unspecified atom stereocenters. The van der Waals surface area contributed by atoms with E-state index in [1.54, 1.807) is 0 Å².